The second-order valence-corrected chi connectivity index (χ2v) is 6.54. The third-order valence-electron chi connectivity index (χ3n) is 3.31. The summed E-state index contributed by atoms with van der Waals surface area (Å²) in [5, 5.41) is 3.46. The zero-order valence-corrected chi connectivity index (χ0v) is 14.5. The topological polar surface area (TPSA) is 53.8 Å². The van der Waals surface area contributed by atoms with Gasteiger partial charge in [-0.3, -0.25) is 14.8 Å². The van der Waals surface area contributed by atoms with Crippen LogP contribution in [0.1, 0.15) is 33.6 Å². The molecule has 1 N–H and O–H groups in total. The first-order valence-corrected chi connectivity index (χ1v) is 8.43. The van der Waals surface area contributed by atoms with Crippen LogP contribution >= 0.6 is 11.8 Å². The second-order valence-electron chi connectivity index (χ2n) is 5.26. The molecule has 0 fully saturated rings. The summed E-state index contributed by atoms with van der Waals surface area (Å²) in [5.41, 5.74) is -0.887. The van der Waals surface area contributed by atoms with E-state index in [1.807, 2.05) is 6.92 Å². The maximum Gasteiger partial charge on any atom is 0.432 e. The first-order chi connectivity index (χ1) is 10.7. The van der Waals surface area contributed by atoms with Gasteiger partial charge in [0.05, 0.1) is 11.1 Å². The summed E-state index contributed by atoms with van der Waals surface area (Å²) in [5.74, 6) is 0.305. The lowest BCUT2D eigenvalue weighted by molar-refractivity contribution is -0.117. The van der Waals surface area contributed by atoms with E-state index < -0.39 is 23.8 Å². The predicted molar refractivity (Wildman–Crippen MR) is 89.4 cm³/mol. The molecule has 1 unspecified atom stereocenters. The first kappa shape index (κ1) is 19.7. The number of hydrogen-bond acceptors (Lipinski definition) is 4. The molecule has 0 saturated heterocycles. The van der Waals surface area contributed by atoms with Crippen LogP contribution in [-0.4, -0.2) is 47.7 Å². The molecule has 1 rings (SSSR count). The summed E-state index contributed by atoms with van der Waals surface area (Å²) < 4.78 is 38.8. The van der Waals surface area contributed by atoms with E-state index in [2.05, 4.69) is 15.3 Å². The second kappa shape index (κ2) is 8.52. The Morgan fingerprint density at radius 1 is 1.57 bits per heavy atom. The fourth-order valence-electron chi connectivity index (χ4n) is 2.16. The van der Waals surface area contributed by atoms with E-state index in [0.29, 0.717) is 6.42 Å². The van der Waals surface area contributed by atoms with Gasteiger partial charge in [-0.2, -0.15) is 13.2 Å². The van der Waals surface area contributed by atoms with E-state index in [-0.39, 0.29) is 18.0 Å². The van der Waals surface area contributed by atoms with Crippen LogP contribution in [0, 0.1) is 0 Å². The van der Waals surface area contributed by atoms with E-state index in [0.717, 1.165) is 16.9 Å². The Labute approximate surface area is 138 Å². The van der Waals surface area contributed by atoms with Crippen LogP contribution < -0.4 is 5.32 Å². The summed E-state index contributed by atoms with van der Waals surface area (Å²) in [6, 6.07) is -0.806. The van der Waals surface area contributed by atoms with Gasteiger partial charge in [0.1, 0.15) is 5.71 Å². The molecule has 2 atom stereocenters. The van der Waals surface area contributed by atoms with E-state index in [4.69, 9.17) is 0 Å². The molecule has 0 bridgehead atoms. The van der Waals surface area contributed by atoms with Crippen molar-refractivity contribution in [3.8, 4) is 0 Å². The Morgan fingerprint density at radius 3 is 2.74 bits per heavy atom. The lowest BCUT2D eigenvalue weighted by Crippen LogP contribution is -2.38. The molecule has 0 aromatic heterocycles. The summed E-state index contributed by atoms with van der Waals surface area (Å²) in [6.07, 6.45) is -3.01. The first-order valence-electron chi connectivity index (χ1n) is 7.44. The molecular weight excluding hydrogens is 327 g/mol. The van der Waals surface area contributed by atoms with Crippen molar-refractivity contribution < 1.29 is 18.0 Å². The summed E-state index contributed by atoms with van der Waals surface area (Å²) in [4.78, 5) is 20.0. The molecule has 0 aliphatic carbocycles. The molecule has 4 nitrogen and oxygen atoms in total. The van der Waals surface area contributed by atoms with Crippen LogP contribution in [0.4, 0.5) is 13.2 Å². The summed E-state index contributed by atoms with van der Waals surface area (Å²) in [6.45, 7) is 5.34. The number of aliphatic imine (C=N–C) groups is 2. The van der Waals surface area contributed by atoms with Gasteiger partial charge in [-0.1, -0.05) is 6.92 Å². The van der Waals surface area contributed by atoms with Gasteiger partial charge in [0.2, 0.25) is 5.91 Å². The summed E-state index contributed by atoms with van der Waals surface area (Å²) in [7, 11) is 1.63. The number of allylic oxidation sites excluding steroid dienone is 1. The molecule has 0 radical (unpaired) electrons. The lowest BCUT2D eigenvalue weighted by Gasteiger charge is -2.16. The average Bonchev–Trinajstić information content (AvgIpc) is 2.66. The van der Waals surface area contributed by atoms with Crippen LogP contribution in [0.2, 0.25) is 0 Å². The quantitative estimate of drug-likeness (QED) is 0.625. The highest BCUT2D eigenvalue weighted by Crippen LogP contribution is 2.25. The van der Waals surface area contributed by atoms with Crippen LogP contribution in [0.5, 0.6) is 0 Å². The minimum absolute atomic E-state index is 0.106. The number of amides is 1. The molecule has 0 aromatic rings. The monoisotopic (exact) mass is 349 g/mol. The SMILES string of the molecule is CCSC(=NC)[C@@H](C)NC(=O)C1=CC(C(F)(F)F)=NC(C)CC1. The van der Waals surface area contributed by atoms with Gasteiger partial charge in [-0.05, 0) is 38.5 Å². The van der Waals surface area contributed by atoms with Crippen LogP contribution in [0.25, 0.3) is 0 Å². The third kappa shape index (κ3) is 6.01. The van der Waals surface area contributed by atoms with Gasteiger partial charge in [0, 0.05) is 18.7 Å². The molecule has 130 valence electrons. The molecule has 1 aliphatic heterocycles. The fourth-order valence-corrected chi connectivity index (χ4v) is 2.89. The van der Waals surface area contributed by atoms with E-state index in [1.165, 1.54) is 11.8 Å². The zero-order valence-electron chi connectivity index (χ0n) is 13.7. The van der Waals surface area contributed by atoms with Gasteiger partial charge in [-0.25, -0.2) is 0 Å². The van der Waals surface area contributed by atoms with Crippen LogP contribution in [-0.2, 0) is 4.79 Å². The molecule has 1 amide bonds. The third-order valence-corrected chi connectivity index (χ3v) is 4.44. The van der Waals surface area contributed by atoms with Crippen LogP contribution in [0.15, 0.2) is 21.6 Å². The number of nitrogens with zero attached hydrogens (tertiary/aromatic N) is 2. The number of halogens is 3. The predicted octanol–water partition coefficient (Wildman–Crippen LogP) is 3.38. The van der Waals surface area contributed by atoms with Crippen molar-refractivity contribution in [3.63, 3.8) is 0 Å². The zero-order chi connectivity index (χ0) is 17.6. The Kier molecular flexibility index (Phi) is 7.31. The highest BCUT2D eigenvalue weighted by molar-refractivity contribution is 8.14. The van der Waals surface area contributed by atoms with E-state index >= 15 is 0 Å². The normalized spacial score (nSPS) is 21.2. The van der Waals surface area contributed by atoms with Gasteiger partial charge in [0.15, 0.2) is 0 Å². The largest absolute Gasteiger partial charge is 0.432 e. The van der Waals surface area contributed by atoms with Crippen molar-refractivity contribution in [2.45, 2.75) is 51.9 Å². The van der Waals surface area contributed by atoms with Crippen molar-refractivity contribution >= 4 is 28.4 Å². The number of alkyl halides is 3. The smallest absolute Gasteiger partial charge is 0.344 e. The maximum atomic E-state index is 12.9. The number of thioether (sulfide) groups is 1. The van der Waals surface area contributed by atoms with Crippen molar-refractivity contribution in [3.05, 3.63) is 11.6 Å². The number of rotatable bonds is 4. The standard InChI is InChI=1S/C15H22F3N3OS/c1-5-23-14(19-4)10(3)21-13(22)11-7-6-9(2)20-12(8-11)15(16,17)18/h8-10H,5-7H2,1-4H3,(H,21,22)/t9?,10-/m1/s1. The van der Waals surface area contributed by atoms with Gasteiger partial charge >= 0.3 is 6.18 Å². The Morgan fingerprint density at radius 2 is 2.22 bits per heavy atom. The number of hydrogen-bond donors (Lipinski definition) is 1. The van der Waals surface area contributed by atoms with Gasteiger partial charge in [-0.15, -0.1) is 11.8 Å². The lowest BCUT2D eigenvalue weighted by atomic mass is 10.1. The molecule has 0 saturated carbocycles. The number of carbonyl (C=O) groups is 1. The molecule has 0 aromatic carbocycles. The number of carbonyl (C=O) groups excluding carboxylic acids is 1. The molecule has 8 heteroatoms. The highest BCUT2D eigenvalue weighted by Gasteiger charge is 2.36. The highest BCUT2D eigenvalue weighted by atomic mass is 32.2. The Bertz CT molecular complexity index is 527. The number of nitrogens with one attached hydrogen (secondary N) is 1. The fraction of sp³-hybridized carbons (Fsp3) is 0.667. The van der Waals surface area contributed by atoms with Crippen molar-refractivity contribution in [1.82, 2.24) is 5.32 Å². The average molecular weight is 349 g/mol. The van der Waals surface area contributed by atoms with Crippen molar-refractivity contribution in [2.75, 3.05) is 12.8 Å². The van der Waals surface area contributed by atoms with Crippen LogP contribution in [0.3, 0.4) is 0 Å². The van der Waals surface area contributed by atoms with Crippen molar-refractivity contribution in [2.24, 2.45) is 9.98 Å². The minimum Gasteiger partial charge on any atom is -0.344 e. The molecule has 0 spiro atoms. The maximum absolute atomic E-state index is 12.9. The van der Waals surface area contributed by atoms with E-state index in [9.17, 15) is 18.0 Å². The summed E-state index contributed by atoms with van der Waals surface area (Å²) >= 11 is 1.49. The van der Waals surface area contributed by atoms with Crippen molar-refractivity contribution in [1.29, 1.82) is 0 Å². The van der Waals surface area contributed by atoms with Gasteiger partial charge < -0.3 is 5.32 Å². The van der Waals surface area contributed by atoms with E-state index in [1.54, 1.807) is 20.9 Å². The molecular formula is C15H22F3N3OS. The Balaban J connectivity index is 2.90. The Hall–Kier alpha value is -1.31. The molecule has 1 heterocycles. The van der Waals surface area contributed by atoms with Gasteiger partial charge in [0.25, 0.3) is 0 Å². The molecule has 23 heavy (non-hydrogen) atoms. The minimum atomic E-state index is -4.55. The molecule has 1 aliphatic rings.